The molecule has 0 N–H and O–H groups in total. The number of rotatable bonds is 4. The average Bonchev–Trinajstić information content (AvgIpc) is 3.15. The van der Waals surface area contributed by atoms with Crippen LogP contribution in [-0.4, -0.2) is 45.9 Å². The molecule has 2 atom stereocenters. The lowest BCUT2D eigenvalue weighted by Gasteiger charge is -2.27. The Kier molecular flexibility index (Phi) is 4.53. The van der Waals surface area contributed by atoms with E-state index in [2.05, 4.69) is 14.7 Å². The molecule has 1 fully saturated rings. The van der Waals surface area contributed by atoms with Crippen molar-refractivity contribution in [2.24, 2.45) is 5.92 Å². The maximum Gasteiger partial charge on any atom is 0.228 e. The van der Waals surface area contributed by atoms with Crippen molar-refractivity contribution in [3.05, 3.63) is 47.1 Å². The van der Waals surface area contributed by atoms with Gasteiger partial charge >= 0.3 is 0 Å². The highest BCUT2D eigenvalue weighted by Gasteiger charge is 2.43. The Morgan fingerprint density at radius 3 is 2.96 bits per heavy atom. The van der Waals surface area contributed by atoms with Gasteiger partial charge in [0.25, 0.3) is 0 Å². The van der Waals surface area contributed by atoms with E-state index in [0.29, 0.717) is 10.8 Å². The van der Waals surface area contributed by atoms with Gasteiger partial charge in [-0.15, -0.1) is 0 Å². The van der Waals surface area contributed by atoms with Crippen molar-refractivity contribution in [1.82, 2.24) is 19.9 Å². The van der Waals surface area contributed by atoms with Crippen molar-refractivity contribution in [2.45, 2.75) is 19.0 Å². The Hall–Kier alpha value is -2.41. The van der Waals surface area contributed by atoms with Gasteiger partial charge < -0.3 is 14.3 Å². The van der Waals surface area contributed by atoms with Crippen molar-refractivity contribution in [3.8, 4) is 0 Å². The first-order valence-corrected chi connectivity index (χ1v) is 7.86. The normalized spacial score (nSPS) is 20.5. The van der Waals surface area contributed by atoms with Crippen LogP contribution in [0.5, 0.6) is 0 Å². The second-order valence-electron chi connectivity index (χ2n) is 5.86. The fraction of sp³-hybridized carbons (Fsp3) is 0.375. The third-order valence-corrected chi connectivity index (χ3v) is 4.49. The van der Waals surface area contributed by atoms with Crippen LogP contribution in [0.2, 0.25) is 5.02 Å². The van der Waals surface area contributed by atoms with E-state index >= 15 is 0 Å². The van der Waals surface area contributed by atoms with Crippen LogP contribution in [0.1, 0.15) is 23.9 Å². The van der Waals surface area contributed by atoms with Crippen LogP contribution in [0, 0.1) is 5.92 Å². The third kappa shape index (κ3) is 3.12. The van der Waals surface area contributed by atoms with E-state index in [-0.39, 0.29) is 30.8 Å². The molecule has 1 saturated heterocycles. The lowest BCUT2D eigenvalue weighted by molar-refractivity contribution is -0.136. The summed E-state index contributed by atoms with van der Waals surface area (Å²) in [6.07, 6.45) is 1.39. The Bertz CT molecular complexity index is 750. The first kappa shape index (κ1) is 16.4. The zero-order valence-electron chi connectivity index (χ0n) is 13.3. The Labute approximate surface area is 144 Å². The van der Waals surface area contributed by atoms with Gasteiger partial charge in [0, 0.05) is 25.5 Å². The molecular weight excluding hydrogens is 332 g/mol. The highest BCUT2D eigenvalue weighted by Crippen LogP contribution is 2.38. The van der Waals surface area contributed by atoms with Crippen molar-refractivity contribution >= 4 is 23.4 Å². The number of hydrogen-bond donors (Lipinski definition) is 0. The minimum absolute atomic E-state index is 0.0636. The highest BCUT2D eigenvalue weighted by atomic mass is 35.5. The van der Waals surface area contributed by atoms with Gasteiger partial charge in [-0.25, -0.2) is 0 Å². The van der Waals surface area contributed by atoms with E-state index in [4.69, 9.17) is 11.6 Å². The molecule has 1 aliphatic heterocycles. The number of nitrogens with zero attached hydrogens (tertiary/aromatic N) is 4. The molecule has 0 bridgehead atoms. The number of aromatic nitrogens is 2. The van der Waals surface area contributed by atoms with Crippen LogP contribution in [0.15, 0.2) is 35.2 Å². The van der Waals surface area contributed by atoms with Gasteiger partial charge in [-0.05, 0) is 17.7 Å². The number of carbonyl (C=O) groups is 2. The zero-order chi connectivity index (χ0) is 17.3. The van der Waals surface area contributed by atoms with Crippen molar-refractivity contribution < 1.29 is 14.1 Å². The largest absolute Gasteiger partial charge is 0.343 e. The fourth-order valence-corrected chi connectivity index (χ4v) is 3.27. The molecule has 2 aromatic rings. The Morgan fingerprint density at radius 2 is 2.29 bits per heavy atom. The van der Waals surface area contributed by atoms with Crippen molar-refractivity contribution in [3.63, 3.8) is 0 Å². The SMILES string of the molecule is CN(Cc1ncon1)C(=O)[C@H]1CC(=O)N(C)[C@@H]1c1cccc(Cl)c1. The van der Waals surface area contributed by atoms with E-state index in [1.165, 1.54) is 11.3 Å². The van der Waals surface area contributed by atoms with Crippen LogP contribution < -0.4 is 0 Å². The summed E-state index contributed by atoms with van der Waals surface area (Å²) in [5.74, 6) is -0.255. The quantitative estimate of drug-likeness (QED) is 0.843. The van der Waals surface area contributed by atoms with E-state index in [1.54, 1.807) is 31.1 Å². The molecule has 0 aliphatic carbocycles. The van der Waals surface area contributed by atoms with Gasteiger partial charge in [-0.2, -0.15) is 4.98 Å². The van der Waals surface area contributed by atoms with Crippen LogP contribution in [0.3, 0.4) is 0 Å². The molecule has 126 valence electrons. The monoisotopic (exact) mass is 348 g/mol. The van der Waals surface area contributed by atoms with Gasteiger partial charge in [0.05, 0.1) is 18.5 Å². The van der Waals surface area contributed by atoms with Gasteiger partial charge in [-0.1, -0.05) is 28.9 Å². The smallest absolute Gasteiger partial charge is 0.228 e. The predicted octanol–water partition coefficient (Wildman–Crippen LogP) is 1.90. The lowest BCUT2D eigenvalue weighted by atomic mass is 9.92. The summed E-state index contributed by atoms with van der Waals surface area (Å²) in [6.45, 7) is 0.228. The topological polar surface area (TPSA) is 79.5 Å². The molecule has 1 aromatic carbocycles. The first-order valence-electron chi connectivity index (χ1n) is 7.48. The average molecular weight is 349 g/mol. The standard InChI is InChI=1S/C16H17ClN4O3/c1-20(8-13-18-9-24-19-13)16(23)12-7-14(22)21(2)15(12)10-4-3-5-11(17)6-10/h3-6,9,12,15H,7-8H2,1-2H3/t12-,15+/m0/s1. The number of halogens is 1. The first-order chi connectivity index (χ1) is 11.5. The summed E-state index contributed by atoms with van der Waals surface area (Å²) >= 11 is 6.07. The molecule has 1 aromatic heterocycles. The summed E-state index contributed by atoms with van der Waals surface area (Å²) in [4.78, 5) is 32.1. The molecule has 2 heterocycles. The second-order valence-corrected chi connectivity index (χ2v) is 6.29. The van der Waals surface area contributed by atoms with Crippen LogP contribution in [0.25, 0.3) is 0 Å². The molecule has 8 heteroatoms. The number of carbonyl (C=O) groups excluding carboxylic acids is 2. The molecule has 0 saturated carbocycles. The van der Waals surface area contributed by atoms with Gasteiger partial charge in [-0.3, -0.25) is 9.59 Å². The van der Waals surface area contributed by atoms with Crippen molar-refractivity contribution in [2.75, 3.05) is 14.1 Å². The summed E-state index contributed by atoms with van der Waals surface area (Å²) in [5, 5.41) is 4.28. The van der Waals surface area contributed by atoms with Crippen LogP contribution in [0.4, 0.5) is 0 Å². The molecule has 1 aliphatic rings. The molecule has 0 spiro atoms. The summed E-state index contributed by atoms with van der Waals surface area (Å²) in [5.41, 5.74) is 0.849. The maximum absolute atomic E-state index is 12.9. The minimum atomic E-state index is -0.474. The molecule has 7 nitrogen and oxygen atoms in total. The minimum Gasteiger partial charge on any atom is -0.343 e. The molecule has 2 amide bonds. The summed E-state index contributed by atoms with van der Waals surface area (Å²) < 4.78 is 4.68. The molecule has 0 unspecified atom stereocenters. The third-order valence-electron chi connectivity index (χ3n) is 4.26. The molecule has 24 heavy (non-hydrogen) atoms. The van der Waals surface area contributed by atoms with E-state index < -0.39 is 5.92 Å². The van der Waals surface area contributed by atoms with E-state index in [9.17, 15) is 9.59 Å². The summed E-state index contributed by atoms with van der Waals surface area (Å²) in [6, 6.07) is 6.92. The van der Waals surface area contributed by atoms with Crippen molar-refractivity contribution in [1.29, 1.82) is 0 Å². The number of hydrogen-bond acceptors (Lipinski definition) is 5. The number of likely N-dealkylation sites (tertiary alicyclic amines) is 1. The Morgan fingerprint density at radius 1 is 1.50 bits per heavy atom. The molecule has 3 rings (SSSR count). The second kappa shape index (κ2) is 6.60. The Balaban J connectivity index is 1.84. The van der Waals surface area contributed by atoms with Crippen LogP contribution >= 0.6 is 11.6 Å². The predicted molar refractivity (Wildman–Crippen MR) is 85.8 cm³/mol. The van der Waals surface area contributed by atoms with Gasteiger partial charge in [0.1, 0.15) is 0 Å². The molecular formula is C16H17ClN4O3. The number of benzene rings is 1. The van der Waals surface area contributed by atoms with E-state index in [0.717, 1.165) is 5.56 Å². The highest BCUT2D eigenvalue weighted by molar-refractivity contribution is 6.30. The summed E-state index contributed by atoms with van der Waals surface area (Å²) in [7, 11) is 3.37. The fourth-order valence-electron chi connectivity index (χ4n) is 3.07. The zero-order valence-corrected chi connectivity index (χ0v) is 14.1. The number of amides is 2. The maximum atomic E-state index is 12.9. The van der Waals surface area contributed by atoms with Crippen LogP contribution in [-0.2, 0) is 16.1 Å². The van der Waals surface area contributed by atoms with Gasteiger partial charge in [0.2, 0.25) is 18.2 Å². The molecule has 0 radical (unpaired) electrons. The lowest BCUT2D eigenvalue weighted by Crippen LogP contribution is -2.36. The van der Waals surface area contributed by atoms with Gasteiger partial charge in [0.15, 0.2) is 5.82 Å². The van der Waals surface area contributed by atoms with E-state index in [1.807, 2.05) is 12.1 Å².